The van der Waals surface area contributed by atoms with Gasteiger partial charge in [0.05, 0.1) is 40.6 Å². The number of nitrogens with zero attached hydrogens (tertiary/aromatic N) is 3. The number of ether oxygens (including phenoxy) is 1. The monoisotopic (exact) mass is 417 g/mol. The Balaban J connectivity index is 1.32. The van der Waals surface area contributed by atoms with E-state index in [4.69, 9.17) is 10.00 Å². The zero-order valence-electron chi connectivity index (χ0n) is 15.0. The van der Waals surface area contributed by atoms with Gasteiger partial charge in [-0.3, -0.25) is 4.79 Å². The van der Waals surface area contributed by atoms with Gasteiger partial charge in [-0.05, 0) is 24.6 Å². The first kappa shape index (κ1) is 19.0. The highest BCUT2D eigenvalue weighted by atomic mass is 32.2. The van der Waals surface area contributed by atoms with Gasteiger partial charge in [-0.25, -0.2) is 9.78 Å². The van der Waals surface area contributed by atoms with E-state index in [0.29, 0.717) is 37.7 Å². The second kappa shape index (κ2) is 8.34. The van der Waals surface area contributed by atoms with Crippen molar-refractivity contribution in [1.82, 2.24) is 15.2 Å². The number of thioether (sulfide) groups is 1. The van der Waals surface area contributed by atoms with E-state index in [0.717, 1.165) is 21.0 Å². The number of nitriles is 1. The van der Waals surface area contributed by atoms with Gasteiger partial charge < -0.3 is 20.3 Å². The molecular formula is C18H19N5O3S2. The maximum Gasteiger partial charge on any atom is 0.321 e. The van der Waals surface area contributed by atoms with Gasteiger partial charge >= 0.3 is 6.03 Å². The molecule has 2 aromatic rings. The lowest BCUT2D eigenvalue weighted by atomic mass is 10.0. The molecule has 1 aromatic heterocycles. The van der Waals surface area contributed by atoms with Crippen LogP contribution < -0.4 is 10.6 Å². The van der Waals surface area contributed by atoms with Gasteiger partial charge in [0.25, 0.3) is 0 Å². The number of benzene rings is 1. The fourth-order valence-corrected chi connectivity index (χ4v) is 4.94. The summed E-state index contributed by atoms with van der Waals surface area (Å²) in [4.78, 5) is 30.3. The van der Waals surface area contributed by atoms with E-state index in [-0.39, 0.29) is 23.9 Å². The lowest BCUT2D eigenvalue weighted by Gasteiger charge is -2.35. The van der Waals surface area contributed by atoms with Crippen molar-refractivity contribution in [3.8, 4) is 6.07 Å². The fraction of sp³-hybridized carbons (Fsp3) is 0.444. The Morgan fingerprint density at radius 2 is 2.29 bits per heavy atom. The third-order valence-corrected chi connectivity index (χ3v) is 6.75. The summed E-state index contributed by atoms with van der Waals surface area (Å²) < 4.78 is 7.02. The summed E-state index contributed by atoms with van der Waals surface area (Å²) in [5.41, 5.74) is 1.53. The van der Waals surface area contributed by atoms with E-state index >= 15 is 0 Å². The molecule has 0 unspecified atom stereocenters. The number of urea groups is 1. The van der Waals surface area contributed by atoms with E-state index in [2.05, 4.69) is 21.7 Å². The quantitative estimate of drug-likeness (QED) is 0.723. The molecule has 3 amide bonds. The highest BCUT2D eigenvalue weighted by Crippen LogP contribution is 2.31. The molecule has 0 spiro atoms. The molecule has 10 heteroatoms. The van der Waals surface area contributed by atoms with Crippen LogP contribution in [0.2, 0.25) is 0 Å². The number of carbonyl (C=O) groups is 2. The van der Waals surface area contributed by atoms with Crippen molar-refractivity contribution in [1.29, 1.82) is 5.26 Å². The van der Waals surface area contributed by atoms with Gasteiger partial charge in [0, 0.05) is 25.4 Å². The standard InChI is InChI=1S/C18H19N5O3S2/c19-6-11-7-23(8-11)17(25)21-12-1-2-14-15(5-12)28-18(22-14)27-10-16(24)20-13-3-4-26-9-13/h1-2,5,11,13H,3-4,7-10H2,(H,20,24)(H,21,25)/t13-/m1/s1. The molecule has 2 saturated heterocycles. The predicted molar refractivity (Wildman–Crippen MR) is 107 cm³/mol. The summed E-state index contributed by atoms with van der Waals surface area (Å²) in [5, 5.41) is 14.6. The number of thiazole rings is 1. The van der Waals surface area contributed by atoms with Gasteiger partial charge in [-0.2, -0.15) is 5.26 Å². The van der Waals surface area contributed by atoms with Crippen molar-refractivity contribution in [3.05, 3.63) is 18.2 Å². The van der Waals surface area contributed by atoms with Crippen LogP contribution in [0.4, 0.5) is 10.5 Å². The summed E-state index contributed by atoms with van der Waals surface area (Å²) in [6.07, 6.45) is 0.862. The van der Waals surface area contributed by atoms with Gasteiger partial charge in [0.2, 0.25) is 5.91 Å². The van der Waals surface area contributed by atoms with E-state index in [1.54, 1.807) is 4.90 Å². The van der Waals surface area contributed by atoms with Crippen LogP contribution in [0, 0.1) is 17.2 Å². The largest absolute Gasteiger partial charge is 0.379 e. The van der Waals surface area contributed by atoms with Crippen LogP contribution in [0.25, 0.3) is 10.2 Å². The zero-order chi connectivity index (χ0) is 19.5. The molecule has 1 aromatic carbocycles. The first-order valence-corrected chi connectivity index (χ1v) is 10.8. The van der Waals surface area contributed by atoms with Crippen LogP contribution >= 0.6 is 23.1 Å². The Labute approximate surface area is 170 Å². The normalized spacial score (nSPS) is 19.2. The van der Waals surface area contributed by atoms with Crippen molar-refractivity contribution < 1.29 is 14.3 Å². The number of rotatable bonds is 5. The average molecular weight is 418 g/mol. The Morgan fingerprint density at radius 3 is 3.04 bits per heavy atom. The molecular weight excluding hydrogens is 398 g/mol. The third kappa shape index (κ3) is 4.38. The van der Waals surface area contributed by atoms with Crippen molar-refractivity contribution in [3.63, 3.8) is 0 Å². The van der Waals surface area contributed by atoms with Crippen LogP contribution in [0.1, 0.15) is 6.42 Å². The molecule has 8 nitrogen and oxygen atoms in total. The molecule has 0 aliphatic carbocycles. The number of nitrogens with one attached hydrogen (secondary N) is 2. The van der Waals surface area contributed by atoms with Crippen LogP contribution in [0.15, 0.2) is 22.5 Å². The zero-order valence-corrected chi connectivity index (χ0v) is 16.6. The molecule has 4 rings (SSSR count). The number of fused-ring (bicyclic) bond motifs is 1. The predicted octanol–water partition coefficient (Wildman–Crippen LogP) is 2.28. The molecule has 1 atom stereocenters. The molecule has 0 bridgehead atoms. The number of likely N-dealkylation sites (tertiary alicyclic amines) is 1. The first-order chi connectivity index (χ1) is 13.6. The maximum atomic E-state index is 12.2. The summed E-state index contributed by atoms with van der Waals surface area (Å²) in [6, 6.07) is 7.62. The van der Waals surface area contributed by atoms with Gasteiger partial charge in [0.15, 0.2) is 4.34 Å². The number of anilines is 1. The second-order valence-electron chi connectivity index (χ2n) is 6.74. The van der Waals surface area contributed by atoms with Crippen LogP contribution in [-0.2, 0) is 9.53 Å². The Morgan fingerprint density at radius 1 is 1.43 bits per heavy atom. The van der Waals surface area contributed by atoms with Crippen molar-refractivity contribution in [2.45, 2.75) is 16.8 Å². The molecule has 3 heterocycles. The minimum atomic E-state index is -0.197. The van der Waals surface area contributed by atoms with Gasteiger partial charge in [-0.1, -0.05) is 11.8 Å². The summed E-state index contributed by atoms with van der Waals surface area (Å²) >= 11 is 2.90. The number of carbonyl (C=O) groups excluding carboxylic acids is 2. The lowest BCUT2D eigenvalue weighted by Crippen LogP contribution is -2.51. The van der Waals surface area contributed by atoms with Crippen molar-refractivity contribution in [2.75, 3.05) is 37.4 Å². The molecule has 2 N–H and O–H groups in total. The smallest absolute Gasteiger partial charge is 0.321 e. The Kier molecular flexibility index (Phi) is 5.66. The third-order valence-electron chi connectivity index (χ3n) is 4.59. The molecule has 0 saturated carbocycles. The second-order valence-corrected chi connectivity index (χ2v) is 8.99. The number of aromatic nitrogens is 1. The van der Waals surface area contributed by atoms with Crippen molar-refractivity contribution >= 4 is 50.9 Å². The summed E-state index contributed by atoms with van der Waals surface area (Å²) in [7, 11) is 0. The average Bonchev–Trinajstić information content (AvgIpc) is 3.28. The highest BCUT2D eigenvalue weighted by Gasteiger charge is 2.30. The van der Waals surface area contributed by atoms with E-state index in [1.165, 1.54) is 23.1 Å². The number of amides is 3. The van der Waals surface area contributed by atoms with Crippen molar-refractivity contribution in [2.24, 2.45) is 5.92 Å². The van der Waals surface area contributed by atoms with E-state index in [1.807, 2.05) is 18.2 Å². The SMILES string of the molecule is N#CC1CN(C(=O)Nc2ccc3nc(SCC(=O)N[C@@H]4CCOC4)sc3c2)C1. The minimum absolute atomic E-state index is 0.0158. The minimum Gasteiger partial charge on any atom is -0.379 e. The van der Waals surface area contributed by atoms with E-state index < -0.39 is 0 Å². The molecule has 0 radical (unpaired) electrons. The van der Waals surface area contributed by atoms with Gasteiger partial charge in [0.1, 0.15) is 0 Å². The van der Waals surface area contributed by atoms with Crippen LogP contribution in [-0.4, -0.2) is 59.9 Å². The topological polar surface area (TPSA) is 107 Å². The first-order valence-electron chi connectivity index (χ1n) is 8.97. The number of hydrogen-bond acceptors (Lipinski definition) is 7. The molecule has 2 aliphatic heterocycles. The van der Waals surface area contributed by atoms with Gasteiger partial charge in [-0.15, -0.1) is 11.3 Å². The Hall–Kier alpha value is -2.35. The lowest BCUT2D eigenvalue weighted by molar-refractivity contribution is -0.119. The number of hydrogen-bond donors (Lipinski definition) is 2. The van der Waals surface area contributed by atoms with E-state index in [9.17, 15) is 9.59 Å². The molecule has 2 aliphatic rings. The van der Waals surface area contributed by atoms with Crippen LogP contribution in [0.3, 0.4) is 0 Å². The highest BCUT2D eigenvalue weighted by molar-refractivity contribution is 8.01. The fourth-order valence-electron chi connectivity index (χ4n) is 3.02. The summed E-state index contributed by atoms with van der Waals surface area (Å²) in [5.74, 6) is 0.236. The Bertz CT molecular complexity index is 929. The molecule has 146 valence electrons. The van der Waals surface area contributed by atoms with Crippen LogP contribution in [0.5, 0.6) is 0 Å². The maximum absolute atomic E-state index is 12.2. The molecule has 2 fully saturated rings. The molecule has 28 heavy (non-hydrogen) atoms. The summed E-state index contributed by atoms with van der Waals surface area (Å²) in [6.45, 7) is 2.23.